The SMILES string of the molecule is COC12C=C[C@@](C)(C/C(=N\S(C)(=O)=O)C1)O2. The molecule has 0 spiro atoms. The third-order valence-electron chi connectivity index (χ3n) is 2.74. The molecule has 2 rings (SSSR count). The average Bonchev–Trinajstić information content (AvgIpc) is 2.35. The van der Waals surface area contributed by atoms with Crippen LogP contribution in [0.4, 0.5) is 0 Å². The van der Waals surface area contributed by atoms with Gasteiger partial charge in [0.2, 0.25) is 10.0 Å². The maximum atomic E-state index is 11.1. The zero-order valence-electron chi connectivity index (χ0n) is 9.56. The highest BCUT2D eigenvalue weighted by atomic mass is 32.2. The number of methoxy groups -OCH3 is 1. The van der Waals surface area contributed by atoms with Crippen LogP contribution in [-0.2, 0) is 19.5 Å². The van der Waals surface area contributed by atoms with Gasteiger partial charge in [-0.15, -0.1) is 0 Å². The van der Waals surface area contributed by atoms with Gasteiger partial charge in [-0.2, -0.15) is 4.40 Å². The highest BCUT2D eigenvalue weighted by molar-refractivity contribution is 7.89. The van der Waals surface area contributed by atoms with Gasteiger partial charge in [-0.1, -0.05) is 6.08 Å². The van der Waals surface area contributed by atoms with Crippen molar-refractivity contribution in [3.8, 4) is 0 Å². The number of hydrogen-bond donors (Lipinski definition) is 0. The molecule has 2 heterocycles. The topological polar surface area (TPSA) is 65.0 Å². The quantitative estimate of drug-likeness (QED) is 0.677. The molecular weight excluding hydrogens is 230 g/mol. The lowest BCUT2D eigenvalue weighted by molar-refractivity contribution is -0.221. The zero-order valence-corrected chi connectivity index (χ0v) is 10.4. The van der Waals surface area contributed by atoms with E-state index in [-0.39, 0.29) is 0 Å². The lowest BCUT2D eigenvalue weighted by atomic mass is 9.96. The summed E-state index contributed by atoms with van der Waals surface area (Å²) in [5, 5.41) is 0. The molecule has 0 aromatic rings. The van der Waals surface area contributed by atoms with Crippen LogP contribution >= 0.6 is 0 Å². The van der Waals surface area contributed by atoms with Gasteiger partial charge in [0.25, 0.3) is 0 Å². The van der Waals surface area contributed by atoms with Crippen LogP contribution in [0.5, 0.6) is 0 Å². The molecule has 2 aliphatic heterocycles. The van der Waals surface area contributed by atoms with Gasteiger partial charge < -0.3 is 9.47 Å². The molecule has 1 saturated heterocycles. The molecule has 1 fully saturated rings. The number of hydrogen-bond acceptors (Lipinski definition) is 4. The summed E-state index contributed by atoms with van der Waals surface area (Å²) in [4.78, 5) is 0. The van der Waals surface area contributed by atoms with Gasteiger partial charge in [-0.3, -0.25) is 0 Å². The van der Waals surface area contributed by atoms with Crippen molar-refractivity contribution in [1.82, 2.24) is 0 Å². The summed E-state index contributed by atoms with van der Waals surface area (Å²) in [6.45, 7) is 1.89. The maximum absolute atomic E-state index is 11.1. The van der Waals surface area contributed by atoms with Crippen molar-refractivity contribution in [3.05, 3.63) is 12.2 Å². The number of rotatable bonds is 2. The number of ether oxygens (including phenoxy) is 2. The standard InChI is InChI=1S/C10H15NO4S/c1-9-4-5-10(14-2,15-9)7-8(6-9)11-16(3,12)13/h4-5H,6-7H2,1-3H3/b11-8+/t9-,10?/m0/s1. The molecule has 0 saturated carbocycles. The van der Waals surface area contributed by atoms with Crippen molar-refractivity contribution in [2.24, 2.45) is 4.40 Å². The van der Waals surface area contributed by atoms with E-state index in [2.05, 4.69) is 4.40 Å². The largest absolute Gasteiger partial charge is 0.349 e. The minimum atomic E-state index is -3.36. The minimum Gasteiger partial charge on any atom is -0.349 e. The fraction of sp³-hybridized carbons (Fsp3) is 0.700. The van der Waals surface area contributed by atoms with Gasteiger partial charge in [0.05, 0.1) is 11.9 Å². The summed E-state index contributed by atoms with van der Waals surface area (Å²) in [6.07, 6.45) is 5.68. The first-order chi connectivity index (χ1) is 7.26. The molecule has 0 amide bonds. The van der Waals surface area contributed by atoms with Gasteiger partial charge in [-0.05, 0) is 13.0 Å². The van der Waals surface area contributed by atoms with E-state index < -0.39 is 21.4 Å². The van der Waals surface area contributed by atoms with Crippen LogP contribution in [0, 0.1) is 0 Å². The van der Waals surface area contributed by atoms with E-state index in [1.54, 1.807) is 7.11 Å². The smallest absolute Gasteiger partial charge is 0.250 e. The summed E-state index contributed by atoms with van der Waals surface area (Å²) < 4.78 is 37.1. The molecule has 16 heavy (non-hydrogen) atoms. The van der Waals surface area contributed by atoms with Gasteiger partial charge in [0, 0.05) is 25.7 Å². The fourth-order valence-electron chi connectivity index (χ4n) is 2.19. The summed E-state index contributed by atoms with van der Waals surface area (Å²) in [5.74, 6) is -0.837. The van der Waals surface area contributed by atoms with Gasteiger partial charge >= 0.3 is 0 Å². The van der Waals surface area contributed by atoms with E-state index in [1.807, 2.05) is 19.1 Å². The number of nitrogens with zero attached hydrogens (tertiary/aromatic N) is 1. The van der Waals surface area contributed by atoms with Crippen molar-refractivity contribution >= 4 is 15.7 Å². The molecular formula is C10H15NO4S. The van der Waals surface area contributed by atoms with E-state index in [4.69, 9.17) is 9.47 Å². The molecule has 1 unspecified atom stereocenters. The Labute approximate surface area is 95.2 Å². The number of sulfonamides is 1. The lowest BCUT2D eigenvalue weighted by Gasteiger charge is -2.37. The van der Waals surface area contributed by atoms with Gasteiger partial charge in [-0.25, -0.2) is 8.42 Å². The second-order valence-electron chi connectivity index (χ2n) is 4.51. The molecule has 2 bridgehead atoms. The molecule has 2 atom stereocenters. The van der Waals surface area contributed by atoms with Crippen LogP contribution in [0.1, 0.15) is 19.8 Å². The van der Waals surface area contributed by atoms with Crippen molar-refractivity contribution in [1.29, 1.82) is 0 Å². The first kappa shape index (κ1) is 11.8. The second-order valence-corrected chi connectivity index (χ2v) is 6.16. The second kappa shape index (κ2) is 3.38. The summed E-state index contributed by atoms with van der Waals surface area (Å²) in [5.41, 5.74) is 0.0979. The van der Waals surface area contributed by atoms with Crippen molar-refractivity contribution in [3.63, 3.8) is 0 Å². The van der Waals surface area contributed by atoms with E-state index in [0.717, 1.165) is 6.26 Å². The maximum Gasteiger partial charge on any atom is 0.250 e. The third-order valence-corrected chi connectivity index (χ3v) is 3.33. The number of fused-ring (bicyclic) bond motifs is 2. The van der Waals surface area contributed by atoms with Crippen LogP contribution in [0.2, 0.25) is 0 Å². The first-order valence-corrected chi connectivity index (χ1v) is 6.84. The van der Waals surface area contributed by atoms with Gasteiger partial charge in [0.1, 0.15) is 0 Å². The van der Waals surface area contributed by atoms with Gasteiger partial charge in [0.15, 0.2) is 5.79 Å². The van der Waals surface area contributed by atoms with E-state index in [0.29, 0.717) is 18.6 Å². The first-order valence-electron chi connectivity index (χ1n) is 4.99. The Bertz CT molecular complexity index is 467. The molecule has 0 N–H and O–H groups in total. The van der Waals surface area contributed by atoms with Crippen LogP contribution in [-0.4, -0.2) is 38.9 Å². The lowest BCUT2D eigenvalue weighted by Crippen LogP contribution is -2.45. The van der Waals surface area contributed by atoms with Crippen molar-refractivity contribution in [2.45, 2.75) is 31.2 Å². The van der Waals surface area contributed by atoms with E-state index >= 15 is 0 Å². The molecule has 2 aliphatic rings. The van der Waals surface area contributed by atoms with Crippen LogP contribution in [0.3, 0.4) is 0 Å². The Balaban J connectivity index is 2.34. The Morgan fingerprint density at radius 1 is 1.44 bits per heavy atom. The minimum absolute atomic E-state index is 0.364. The highest BCUT2D eigenvalue weighted by Crippen LogP contribution is 2.42. The van der Waals surface area contributed by atoms with Crippen LogP contribution < -0.4 is 0 Å². The highest BCUT2D eigenvalue weighted by Gasteiger charge is 2.48. The molecule has 5 nitrogen and oxygen atoms in total. The summed E-state index contributed by atoms with van der Waals surface area (Å²) in [7, 11) is -1.81. The van der Waals surface area contributed by atoms with E-state index in [1.165, 1.54) is 0 Å². The van der Waals surface area contributed by atoms with Crippen LogP contribution in [0.15, 0.2) is 16.5 Å². The Morgan fingerprint density at radius 3 is 2.69 bits per heavy atom. The molecule has 0 aliphatic carbocycles. The van der Waals surface area contributed by atoms with E-state index in [9.17, 15) is 8.42 Å². The predicted molar refractivity (Wildman–Crippen MR) is 59.9 cm³/mol. The zero-order chi connectivity index (χ0) is 12.0. The molecule has 6 heteroatoms. The molecule has 90 valence electrons. The molecule has 0 aromatic carbocycles. The summed E-state index contributed by atoms with van der Waals surface area (Å²) >= 11 is 0. The van der Waals surface area contributed by atoms with Crippen molar-refractivity contribution < 1.29 is 17.9 Å². The normalized spacial score (nSPS) is 40.6. The molecule has 0 radical (unpaired) electrons. The Hall–Kier alpha value is -0.720. The Kier molecular flexibility index (Phi) is 2.49. The monoisotopic (exact) mass is 245 g/mol. The van der Waals surface area contributed by atoms with Crippen molar-refractivity contribution in [2.75, 3.05) is 13.4 Å². The average molecular weight is 245 g/mol. The molecule has 0 aromatic heterocycles. The summed E-state index contributed by atoms with van der Waals surface area (Å²) in [6, 6.07) is 0. The van der Waals surface area contributed by atoms with Crippen LogP contribution in [0.25, 0.3) is 0 Å². The Morgan fingerprint density at radius 2 is 2.12 bits per heavy atom. The third kappa shape index (κ3) is 2.18. The predicted octanol–water partition coefficient (Wildman–Crippen LogP) is 0.869. The fourth-order valence-corrected chi connectivity index (χ4v) is 2.79.